The third-order valence-corrected chi connectivity index (χ3v) is 7.36. The third kappa shape index (κ3) is 4.49. The standard InChI is InChI=1S/C20H25N7O4S.ClH/c1-30-16-10-13-15(11-17(16)31-2)24-20(25-19(13)23)26-5-7-27(8-6-26)32(28,29)18-4-3-12(21)9-14(18)22;/h3-4,9-11H,5-8,21-22H2,1-2H3,(H2,23,24,25);1H. The lowest BCUT2D eigenvalue weighted by Crippen LogP contribution is -2.49. The van der Waals surface area contributed by atoms with Crippen molar-refractivity contribution in [3.63, 3.8) is 0 Å². The number of nitrogens with two attached hydrogens (primary N) is 3. The van der Waals surface area contributed by atoms with Crippen LogP contribution in [0.3, 0.4) is 0 Å². The molecule has 0 bridgehead atoms. The molecule has 0 amide bonds. The van der Waals surface area contributed by atoms with Gasteiger partial charge in [0, 0.05) is 43.3 Å². The summed E-state index contributed by atoms with van der Waals surface area (Å²) in [6.07, 6.45) is 0. The van der Waals surface area contributed by atoms with E-state index in [1.807, 2.05) is 4.90 Å². The van der Waals surface area contributed by atoms with Crippen molar-refractivity contribution in [1.29, 1.82) is 0 Å². The van der Waals surface area contributed by atoms with E-state index in [4.69, 9.17) is 26.7 Å². The van der Waals surface area contributed by atoms with Crippen LogP contribution < -0.4 is 31.6 Å². The van der Waals surface area contributed by atoms with Crippen molar-refractivity contribution in [2.45, 2.75) is 4.90 Å². The first-order chi connectivity index (χ1) is 15.2. The number of benzene rings is 2. The molecule has 3 aromatic rings. The summed E-state index contributed by atoms with van der Waals surface area (Å²) in [7, 11) is -0.658. The molecule has 33 heavy (non-hydrogen) atoms. The fourth-order valence-electron chi connectivity index (χ4n) is 3.68. The van der Waals surface area contributed by atoms with Crippen molar-refractivity contribution >= 4 is 56.5 Å². The molecule has 4 rings (SSSR count). The highest BCUT2D eigenvalue weighted by molar-refractivity contribution is 7.89. The largest absolute Gasteiger partial charge is 0.493 e. The van der Waals surface area contributed by atoms with Gasteiger partial charge in [0.05, 0.1) is 25.4 Å². The molecule has 0 aliphatic carbocycles. The van der Waals surface area contributed by atoms with Gasteiger partial charge < -0.3 is 31.6 Å². The van der Waals surface area contributed by atoms with E-state index in [0.717, 1.165) is 0 Å². The SMILES string of the molecule is COc1cc2nc(N3CCN(S(=O)(=O)c4ccc(N)cc4N)CC3)nc(N)c2cc1OC.Cl. The molecule has 13 heteroatoms. The predicted molar refractivity (Wildman–Crippen MR) is 131 cm³/mol. The first-order valence-electron chi connectivity index (χ1n) is 9.84. The van der Waals surface area contributed by atoms with Gasteiger partial charge in [0.2, 0.25) is 16.0 Å². The molecule has 11 nitrogen and oxygen atoms in total. The first kappa shape index (κ1) is 24.4. The second-order valence-electron chi connectivity index (χ2n) is 7.32. The van der Waals surface area contributed by atoms with Gasteiger partial charge in [0.1, 0.15) is 10.7 Å². The topological polar surface area (TPSA) is 163 Å². The van der Waals surface area contributed by atoms with Crippen molar-refractivity contribution < 1.29 is 17.9 Å². The van der Waals surface area contributed by atoms with Crippen LogP contribution in [-0.4, -0.2) is 63.1 Å². The van der Waals surface area contributed by atoms with Gasteiger partial charge in [-0.1, -0.05) is 0 Å². The minimum Gasteiger partial charge on any atom is -0.493 e. The summed E-state index contributed by atoms with van der Waals surface area (Å²) in [6.45, 7) is 1.29. The number of nitrogen functional groups attached to an aromatic ring is 3. The van der Waals surface area contributed by atoms with Gasteiger partial charge in [0.15, 0.2) is 11.5 Å². The highest BCUT2D eigenvalue weighted by atomic mass is 35.5. The van der Waals surface area contributed by atoms with Crippen LogP contribution in [0.5, 0.6) is 11.5 Å². The molecule has 0 radical (unpaired) electrons. The van der Waals surface area contributed by atoms with Gasteiger partial charge in [-0.05, 0) is 24.3 Å². The van der Waals surface area contributed by atoms with Crippen molar-refractivity contribution in [3.05, 3.63) is 30.3 Å². The predicted octanol–water partition coefficient (Wildman–Crippen LogP) is 1.33. The summed E-state index contributed by atoms with van der Waals surface area (Å²) in [5, 5.41) is 0.645. The molecule has 1 fully saturated rings. The molecule has 1 aliphatic heterocycles. The maximum absolute atomic E-state index is 13.0. The van der Waals surface area contributed by atoms with Crippen molar-refractivity contribution in [1.82, 2.24) is 14.3 Å². The minimum atomic E-state index is -3.74. The fraction of sp³-hybridized carbons (Fsp3) is 0.300. The van der Waals surface area contributed by atoms with Gasteiger partial charge in [-0.25, -0.2) is 13.4 Å². The highest BCUT2D eigenvalue weighted by Crippen LogP contribution is 2.34. The Bertz CT molecular complexity index is 1280. The number of halogens is 1. The normalized spacial score (nSPS) is 14.7. The summed E-state index contributed by atoms with van der Waals surface area (Å²) < 4.78 is 38.1. The number of fused-ring (bicyclic) bond motifs is 1. The molecule has 2 aromatic carbocycles. The molecule has 0 saturated carbocycles. The van der Waals surface area contributed by atoms with Crippen molar-refractivity contribution in [2.75, 3.05) is 62.5 Å². The number of anilines is 4. The molecular formula is C20H26ClN7O4S. The van der Waals surface area contributed by atoms with E-state index >= 15 is 0 Å². The van der Waals surface area contributed by atoms with Gasteiger partial charge in [-0.3, -0.25) is 0 Å². The Labute approximate surface area is 197 Å². The van der Waals surface area contributed by atoms with E-state index in [2.05, 4.69) is 9.97 Å². The molecule has 6 N–H and O–H groups in total. The average molecular weight is 496 g/mol. The summed E-state index contributed by atoms with van der Waals surface area (Å²) in [4.78, 5) is 11.0. The Kier molecular flexibility index (Phi) is 6.91. The van der Waals surface area contributed by atoms with Crippen LogP contribution in [0, 0.1) is 0 Å². The second-order valence-corrected chi connectivity index (χ2v) is 9.23. The number of nitrogens with zero attached hydrogens (tertiary/aromatic N) is 4. The van der Waals surface area contributed by atoms with Crippen LogP contribution in [0.4, 0.5) is 23.1 Å². The van der Waals surface area contributed by atoms with Crippen LogP contribution in [-0.2, 0) is 10.0 Å². The van der Waals surface area contributed by atoms with Crippen LogP contribution in [0.15, 0.2) is 35.2 Å². The van der Waals surface area contributed by atoms with Crippen molar-refractivity contribution in [3.8, 4) is 11.5 Å². The molecule has 1 saturated heterocycles. The summed E-state index contributed by atoms with van der Waals surface area (Å²) in [5.74, 6) is 1.78. The van der Waals surface area contributed by atoms with Gasteiger partial charge in [-0.15, -0.1) is 12.4 Å². The van der Waals surface area contributed by atoms with E-state index in [9.17, 15) is 8.42 Å². The summed E-state index contributed by atoms with van der Waals surface area (Å²) in [5.41, 5.74) is 18.9. The number of ether oxygens (including phenoxy) is 2. The van der Waals surface area contributed by atoms with E-state index in [-0.39, 0.29) is 36.1 Å². The quantitative estimate of drug-likeness (QED) is 0.440. The molecular weight excluding hydrogens is 470 g/mol. The zero-order chi connectivity index (χ0) is 23.0. The van der Waals surface area contributed by atoms with Gasteiger partial charge in [0.25, 0.3) is 0 Å². The number of hydrogen-bond donors (Lipinski definition) is 3. The zero-order valence-corrected chi connectivity index (χ0v) is 19.8. The number of hydrogen-bond acceptors (Lipinski definition) is 10. The van der Waals surface area contributed by atoms with Crippen LogP contribution in [0.25, 0.3) is 10.9 Å². The lowest BCUT2D eigenvalue weighted by atomic mass is 10.2. The number of aromatic nitrogens is 2. The van der Waals surface area contributed by atoms with Gasteiger partial charge in [-0.2, -0.15) is 9.29 Å². The van der Waals surface area contributed by atoms with E-state index in [1.165, 1.54) is 22.5 Å². The lowest BCUT2D eigenvalue weighted by Gasteiger charge is -2.34. The summed E-state index contributed by atoms with van der Waals surface area (Å²) in [6, 6.07) is 7.86. The average Bonchev–Trinajstić information content (AvgIpc) is 2.78. The van der Waals surface area contributed by atoms with Gasteiger partial charge >= 0.3 is 0 Å². The Morgan fingerprint density at radius 2 is 1.55 bits per heavy atom. The third-order valence-electron chi connectivity index (χ3n) is 5.39. The Morgan fingerprint density at radius 3 is 2.15 bits per heavy atom. The molecule has 1 aliphatic rings. The molecule has 178 valence electrons. The number of sulfonamides is 1. The van der Waals surface area contributed by atoms with Crippen LogP contribution >= 0.6 is 12.4 Å². The minimum absolute atomic E-state index is 0. The molecule has 1 aromatic heterocycles. The molecule has 0 spiro atoms. The fourth-order valence-corrected chi connectivity index (χ4v) is 5.20. The lowest BCUT2D eigenvalue weighted by molar-refractivity contribution is 0.356. The first-order valence-corrected chi connectivity index (χ1v) is 11.3. The second kappa shape index (κ2) is 9.33. The zero-order valence-electron chi connectivity index (χ0n) is 18.2. The van der Waals surface area contributed by atoms with E-state index in [0.29, 0.717) is 52.9 Å². The van der Waals surface area contributed by atoms with Crippen LogP contribution in [0.2, 0.25) is 0 Å². The van der Waals surface area contributed by atoms with E-state index < -0.39 is 10.0 Å². The number of methoxy groups -OCH3 is 2. The van der Waals surface area contributed by atoms with Crippen LogP contribution in [0.1, 0.15) is 0 Å². The Morgan fingerprint density at radius 1 is 0.909 bits per heavy atom. The maximum atomic E-state index is 13.0. The number of rotatable bonds is 5. The summed E-state index contributed by atoms with van der Waals surface area (Å²) >= 11 is 0. The van der Waals surface area contributed by atoms with E-state index in [1.54, 1.807) is 26.4 Å². The maximum Gasteiger partial charge on any atom is 0.245 e. The number of piperazine rings is 1. The Balaban J connectivity index is 0.00000306. The molecule has 2 heterocycles. The molecule has 0 unspecified atom stereocenters. The Hall–Kier alpha value is -3.22. The van der Waals surface area contributed by atoms with Crippen molar-refractivity contribution in [2.24, 2.45) is 0 Å². The highest BCUT2D eigenvalue weighted by Gasteiger charge is 2.31. The molecule has 0 atom stereocenters. The smallest absolute Gasteiger partial charge is 0.245 e. The monoisotopic (exact) mass is 495 g/mol.